The summed E-state index contributed by atoms with van der Waals surface area (Å²) in [5, 5.41) is 3.99. The molecule has 0 spiro atoms. The number of hydrogen-bond acceptors (Lipinski definition) is 4. The third kappa shape index (κ3) is 3.71. The summed E-state index contributed by atoms with van der Waals surface area (Å²) in [6.07, 6.45) is 0.159. The van der Waals surface area contributed by atoms with Gasteiger partial charge in [-0.3, -0.25) is 4.79 Å². The highest BCUT2D eigenvalue weighted by molar-refractivity contribution is 5.05. The predicted molar refractivity (Wildman–Crippen MR) is 56.1 cm³/mol. The van der Waals surface area contributed by atoms with E-state index in [0.29, 0.717) is 19.0 Å². The maximum atomic E-state index is 11.4. The summed E-state index contributed by atoms with van der Waals surface area (Å²) in [6, 6.07) is 2.98. The first kappa shape index (κ1) is 11.7. The van der Waals surface area contributed by atoms with Crippen LogP contribution in [0.2, 0.25) is 0 Å². The summed E-state index contributed by atoms with van der Waals surface area (Å²) < 4.78 is 11.6. The Bertz CT molecular complexity index is 360. The van der Waals surface area contributed by atoms with Crippen molar-refractivity contribution in [3.8, 4) is 5.88 Å². The highest BCUT2D eigenvalue weighted by atomic mass is 16.5. The van der Waals surface area contributed by atoms with E-state index in [1.165, 1.54) is 17.9 Å². The first-order valence-corrected chi connectivity index (χ1v) is 4.87. The second kappa shape index (κ2) is 5.50. The highest BCUT2D eigenvalue weighted by Gasteiger charge is 2.00. The minimum absolute atomic E-state index is 0.150. The van der Waals surface area contributed by atoms with Gasteiger partial charge in [-0.25, -0.2) is 4.68 Å². The van der Waals surface area contributed by atoms with Crippen molar-refractivity contribution in [3.63, 3.8) is 0 Å². The molecular weight excluding hydrogens is 196 g/mol. The van der Waals surface area contributed by atoms with E-state index in [9.17, 15) is 4.79 Å². The molecule has 0 atom stereocenters. The van der Waals surface area contributed by atoms with Crippen LogP contribution in [0.15, 0.2) is 16.9 Å². The number of ether oxygens (including phenoxy) is 2. The zero-order valence-corrected chi connectivity index (χ0v) is 9.27. The van der Waals surface area contributed by atoms with Crippen molar-refractivity contribution in [1.29, 1.82) is 0 Å². The van der Waals surface area contributed by atoms with Crippen molar-refractivity contribution in [3.05, 3.63) is 22.5 Å². The monoisotopic (exact) mass is 212 g/mol. The molecule has 1 aromatic rings. The average molecular weight is 212 g/mol. The standard InChI is InChI=1S/C10H16N2O3/c1-8(2)15-7-6-12-10(13)5-4-9(11-12)14-3/h4-5,8H,6-7H2,1-3H3. The molecule has 1 rings (SSSR count). The van der Waals surface area contributed by atoms with Crippen molar-refractivity contribution >= 4 is 0 Å². The van der Waals surface area contributed by atoms with Gasteiger partial charge < -0.3 is 9.47 Å². The molecule has 5 heteroatoms. The lowest BCUT2D eigenvalue weighted by Gasteiger charge is -2.08. The molecule has 0 fully saturated rings. The van der Waals surface area contributed by atoms with Crippen LogP contribution in [-0.2, 0) is 11.3 Å². The van der Waals surface area contributed by atoms with Crippen molar-refractivity contribution in [1.82, 2.24) is 9.78 Å². The van der Waals surface area contributed by atoms with Crippen molar-refractivity contribution < 1.29 is 9.47 Å². The van der Waals surface area contributed by atoms with E-state index in [0.717, 1.165) is 0 Å². The lowest BCUT2D eigenvalue weighted by atomic mass is 10.5. The van der Waals surface area contributed by atoms with Crippen LogP contribution in [0.5, 0.6) is 5.88 Å². The molecular formula is C10H16N2O3. The van der Waals surface area contributed by atoms with Gasteiger partial charge in [0.1, 0.15) is 0 Å². The van der Waals surface area contributed by atoms with Crippen LogP contribution in [0, 0.1) is 0 Å². The van der Waals surface area contributed by atoms with E-state index in [-0.39, 0.29) is 11.7 Å². The molecule has 0 amide bonds. The normalized spacial score (nSPS) is 10.7. The number of methoxy groups -OCH3 is 1. The summed E-state index contributed by atoms with van der Waals surface area (Å²) >= 11 is 0. The molecule has 0 bridgehead atoms. The molecule has 0 aliphatic rings. The van der Waals surface area contributed by atoms with Gasteiger partial charge in [0.05, 0.1) is 26.4 Å². The zero-order valence-electron chi connectivity index (χ0n) is 9.27. The van der Waals surface area contributed by atoms with E-state index >= 15 is 0 Å². The predicted octanol–water partition coefficient (Wildman–Crippen LogP) is 0.677. The van der Waals surface area contributed by atoms with Crippen LogP contribution in [0.25, 0.3) is 0 Å². The summed E-state index contributed by atoms with van der Waals surface area (Å²) in [4.78, 5) is 11.4. The zero-order chi connectivity index (χ0) is 11.3. The molecule has 0 N–H and O–H groups in total. The van der Waals surface area contributed by atoms with Gasteiger partial charge in [0.15, 0.2) is 0 Å². The summed E-state index contributed by atoms with van der Waals surface area (Å²) in [7, 11) is 1.52. The SMILES string of the molecule is COc1ccc(=O)n(CCOC(C)C)n1. The highest BCUT2D eigenvalue weighted by Crippen LogP contribution is 1.99. The van der Waals surface area contributed by atoms with Gasteiger partial charge in [-0.1, -0.05) is 0 Å². The minimum Gasteiger partial charge on any atom is -0.480 e. The van der Waals surface area contributed by atoms with Gasteiger partial charge in [0.25, 0.3) is 5.56 Å². The Balaban J connectivity index is 2.63. The van der Waals surface area contributed by atoms with Crippen molar-refractivity contribution in [2.24, 2.45) is 0 Å². The van der Waals surface area contributed by atoms with Crippen LogP contribution in [0.1, 0.15) is 13.8 Å². The molecule has 0 aliphatic carbocycles. The van der Waals surface area contributed by atoms with Gasteiger partial charge in [-0.05, 0) is 13.8 Å². The van der Waals surface area contributed by atoms with Crippen LogP contribution in [0.4, 0.5) is 0 Å². The number of aromatic nitrogens is 2. The maximum Gasteiger partial charge on any atom is 0.267 e. The van der Waals surface area contributed by atoms with Crippen LogP contribution in [0.3, 0.4) is 0 Å². The van der Waals surface area contributed by atoms with Gasteiger partial charge >= 0.3 is 0 Å². The van der Waals surface area contributed by atoms with E-state index in [1.54, 1.807) is 6.07 Å². The first-order chi connectivity index (χ1) is 7.13. The largest absolute Gasteiger partial charge is 0.480 e. The number of rotatable bonds is 5. The third-order valence-corrected chi connectivity index (χ3v) is 1.81. The molecule has 15 heavy (non-hydrogen) atoms. The topological polar surface area (TPSA) is 53.4 Å². The first-order valence-electron chi connectivity index (χ1n) is 4.87. The summed E-state index contributed by atoms with van der Waals surface area (Å²) in [5.41, 5.74) is -0.150. The van der Waals surface area contributed by atoms with Gasteiger partial charge in [0, 0.05) is 12.1 Å². The van der Waals surface area contributed by atoms with Crippen LogP contribution < -0.4 is 10.3 Å². The van der Waals surface area contributed by atoms with Crippen LogP contribution >= 0.6 is 0 Å². The molecule has 0 radical (unpaired) electrons. The van der Waals surface area contributed by atoms with Crippen LogP contribution in [-0.4, -0.2) is 29.6 Å². The lowest BCUT2D eigenvalue weighted by molar-refractivity contribution is 0.0699. The number of nitrogens with zero attached hydrogens (tertiary/aromatic N) is 2. The quantitative estimate of drug-likeness (QED) is 0.720. The number of hydrogen-bond donors (Lipinski definition) is 0. The van der Waals surface area contributed by atoms with Gasteiger partial charge in [-0.2, -0.15) is 0 Å². The van der Waals surface area contributed by atoms with Crippen molar-refractivity contribution in [2.75, 3.05) is 13.7 Å². The third-order valence-electron chi connectivity index (χ3n) is 1.81. The smallest absolute Gasteiger partial charge is 0.267 e. The molecule has 5 nitrogen and oxygen atoms in total. The second-order valence-electron chi connectivity index (χ2n) is 3.36. The Kier molecular flexibility index (Phi) is 4.30. The molecule has 1 heterocycles. The maximum absolute atomic E-state index is 11.4. The van der Waals surface area contributed by atoms with E-state index < -0.39 is 0 Å². The Labute approximate surface area is 88.6 Å². The molecule has 0 aliphatic heterocycles. The fourth-order valence-corrected chi connectivity index (χ4v) is 1.07. The van der Waals surface area contributed by atoms with E-state index in [2.05, 4.69) is 5.10 Å². The molecule has 84 valence electrons. The Morgan fingerprint density at radius 2 is 2.20 bits per heavy atom. The fourth-order valence-electron chi connectivity index (χ4n) is 1.07. The fraction of sp³-hybridized carbons (Fsp3) is 0.600. The minimum atomic E-state index is -0.150. The molecule has 0 saturated heterocycles. The van der Waals surface area contributed by atoms with E-state index in [4.69, 9.17) is 9.47 Å². The Hall–Kier alpha value is -1.36. The van der Waals surface area contributed by atoms with Crippen molar-refractivity contribution in [2.45, 2.75) is 26.5 Å². The molecule has 1 aromatic heterocycles. The lowest BCUT2D eigenvalue weighted by Crippen LogP contribution is -2.25. The van der Waals surface area contributed by atoms with Gasteiger partial charge in [-0.15, -0.1) is 5.10 Å². The summed E-state index contributed by atoms with van der Waals surface area (Å²) in [5.74, 6) is 0.430. The van der Waals surface area contributed by atoms with E-state index in [1.807, 2.05) is 13.8 Å². The molecule has 0 aromatic carbocycles. The van der Waals surface area contributed by atoms with Gasteiger partial charge in [0.2, 0.25) is 5.88 Å². The Morgan fingerprint density at radius 1 is 1.47 bits per heavy atom. The summed E-state index contributed by atoms with van der Waals surface area (Å²) in [6.45, 7) is 4.80. The Morgan fingerprint density at radius 3 is 2.80 bits per heavy atom. The second-order valence-corrected chi connectivity index (χ2v) is 3.36. The average Bonchev–Trinajstić information content (AvgIpc) is 2.20. The molecule has 0 unspecified atom stereocenters. The molecule has 0 saturated carbocycles.